The number of methoxy groups -OCH3 is 1. The summed E-state index contributed by atoms with van der Waals surface area (Å²) in [5, 5.41) is 13.0. The molecule has 2 N–H and O–H groups in total. The molecule has 8 nitrogen and oxygen atoms in total. The van der Waals surface area contributed by atoms with Gasteiger partial charge in [0.2, 0.25) is 0 Å². The van der Waals surface area contributed by atoms with Crippen molar-refractivity contribution in [3.63, 3.8) is 0 Å². The number of aliphatic hydroxyl groups is 1. The predicted molar refractivity (Wildman–Crippen MR) is 128 cm³/mol. The molecule has 1 unspecified atom stereocenters. The summed E-state index contributed by atoms with van der Waals surface area (Å²) in [5.74, 6) is -1.14. The van der Waals surface area contributed by atoms with E-state index in [4.69, 9.17) is 9.47 Å². The van der Waals surface area contributed by atoms with Crippen molar-refractivity contribution >= 4 is 23.7 Å². The Morgan fingerprint density at radius 2 is 1.66 bits per heavy atom. The summed E-state index contributed by atoms with van der Waals surface area (Å²) >= 11 is 0. The summed E-state index contributed by atoms with van der Waals surface area (Å²) in [5.41, 5.74) is 5.09. The number of nitrogens with zero attached hydrogens (tertiary/aromatic N) is 1. The van der Waals surface area contributed by atoms with Gasteiger partial charge in [0.25, 0.3) is 5.91 Å². The first-order valence-electron chi connectivity index (χ1n) is 11.3. The van der Waals surface area contributed by atoms with Crippen molar-refractivity contribution in [2.24, 2.45) is 0 Å². The Hall–Kier alpha value is -4.17. The lowest BCUT2D eigenvalue weighted by Crippen LogP contribution is -2.46. The largest absolute Gasteiger partial charge is 0.465 e. The lowest BCUT2D eigenvalue weighted by molar-refractivity contribution is -0.119. The fraction of sp³-hybridized carbons (Fsp3) is 0.222. The molecule has 178 valence electrons. The minimum atomic E-state index is -1.16. The number of ether oxygens (including phenoxy) is 2. The molecular formula is C27H24N2O6. The van der Waals surface area contributed by atoms with Crippen LogP contribution in [-0.2, 0) is 14.3 Å². The quantitative estimate of drug-likeness (QED) is 0.553. The Balaban J connectivity index is 1.26. The first-order chi connectivity index (χ1) is 17.0. The number of alkyl carbamates (subject to hydrolysis) is 1. The molecule has 0 bridgehead atoms. The van der Waals surface area contributed by atoms with Crippen LogP contribution in [0.2, 0.25) is 0 Å². The highest BCUT2D eigenvalue weighted by Crippen LogP contribution is 2.44. The van der Waals surface area contributed by atoms with Crippen LogP contribution in [0.1, 0.15) is 27.4 Å². The lowest BCUT2D eigenvalue weighted by atomic mass is 9.98. The lowest BCUT2D eigenvalue weighted by Gasteiger charge is -2.18. The van der Waals surface area contributed by atoms with Crippen LogP contribution in [0.15, 0.2) is 72.8 Å². The van der Waals surface area contributed by atoms with Gasteiger partial charge in [0.05, 0.1) is 19.2 Å². The molecule has 35 heavy (non-hydrogen) atoms. The second-order valence-electron chi connectivity index (χ2n) is 8.51. The number of β-amino-alcohol motifs (C(OH)–C–C–N with tert-alkyl or cyclic N) is 1. The standard InChI is InChI=1S/C27H24N2O6/c1-34-26(32)16-7-6-8-17(13-16)29-14-23(30)24(25(29)31)28-27(33)35-15-22-20-11-4-2-9-18(20)19-10-3-5-12-21(19)22/h2-13,22-24,30H,14-15H2,1H3,(H,28,33)/t23?,24-/m0/s1. The normalized spacial score (nSPS) is 18.7. The van der Waals surface area contributed by atoms with Gasteiger partial charge >= 0.3 is 12.1 Å². The summed E-state index contributed by atoms with van der Waals surface area (Å²) in [4.78, 5) is 38.7. The molecule has 1 aliphatic carbocycles. The molecule has 1 aliphatic heterocycles. The molecule has 2 aliphatic rings. The number of carbonyl (C=O) groups is 3. The third-order valence-electron chi connectivity index (χ3n) is 6.48. The molecule has 8 heteroatoms. The smallest absolute Gasteiger partial charge is 0.407 e. The fourth-order valence-electron chi connectivity index (χ4n) is 4.79. The number of rotatable bonds is 5. The van der Waals surface area contributed by atoms with Gasteiger partial charge in [-0.1, -0.05) is 54.6 Å². The van der Waals surface area contributed by atoms with Crippen molar-refractivity contribution in [3.05, 3.63) is 89.5 Å². The van der Waals surface area contributed by atoms with Crippen LogP contribution in [0.25, 0.3) is 11.1 Å². The minimum Gasteiger partial charge on any atom is -0.465 e. The summed E-state index contributed by atoms with van der Waals surface area (Å²) in [6.45, 7) is 0.0690. The fourth-order valence-corrected chi connectivity index (χ4v) is 4.79. The average molecular weight is 472 g/mol. The first kappa shape index (κ1) is 22.6. The zero-order valence-electron chi connectivity index (χ0n) is 19.0. The van der Waals surface area contributed by atoms with Gasteiger partial charge in [-0.15, -0.1) is 0 Å². The molecule has 3 aromatic rings. The number of hydrogen-bond donors (Lipinski definition) is 2. The van der Waals surface area contributed by atoms with Gasteiger partial charge in [-0.3, -0.25) is 4.79 Å². The number of aliphatic hydroxyl groups excluding tert-OH is 1. The molecule has 1 heterocycles. The van der Waals surface area contributed by atoms with Gasteiger partial charge < -0.3 is 24.8 Å². The van der Waals surface area contributed by atoms with E-state index in [1.54, 1.807) is 18.2 Å². The summed E-state index contributed by atoms with van der Waals surface area (Å²) < 4.78 is 10.2. The molecule has 1 saturated heterocycles. The molecular weight excluding hydrogens is 448 g/mol. The SMILES string of the molecule is COC(=O)c1cccc(N2CC(O)[C@H](NC(=O)OCC3c4ccccc4-c4ccccc43)C2=O)c1. The van der Waals surface area contributed by atoms with E-state index < -0.39 is 30.1 Å². The Bertz CT molecular complexity index is 1260. The maximum Gasteiger partial charge on any atom is 0.407 e. The minimum absolute atomic E-state index is 0.0300. The molecule has 0 aromatic heterocycles. The number of nitrogens with one attached hydrogen (secondary N) is 1. The molecule has 2 atom stereocenters. The van der Waals surface area contributed by atoms with Gasteiger partial charge in [0, 0.05) is 11.6 Å². The topological polar surface area (TPSA) is 105 Å². The van der Waals surface area contributed by atoms with E-state index >= 15 is 0 Å². The van der Waals surface area contributed by atoms with E-state index in [1.807, 2.05) is 48.5 Å². The van der Waals surface area contributed by atoms with Crippen LogP contribution in [0.5, 0.6) is 0 Å². The Kier molecular flexibility index (Phi) is 5.96. The third-order valence-corrected chi connectivity index (χ3v) is 6.48. The van der Waals surface area contributed by atoms with Crippen molar-refractivity contribution in [2.45, 2.75) is 18.1 Å². The van der Waals surface area contributed by atoms with Gasteiger partial charge in [-0.2, -0.15) is 0 Å². The maximum atomic E-state index is 13.0. The molecule has 3 aromatic carbocycles. The van der Waals surface area contributed by atoms with E-state index in [0.717, 1.165) is 22.3 Å². The molecule has 2 amide bonds. The van der Waals surface area contributed by atoms with Gasteiger partial charge in [-0.05, 0) is 40.5 Å². The monoisotopic (exact) mass is 472 g/mol. The number of fused-ring (bicyclic) bond motifs is 3. The second-order valence-corrected chi connectivity index (χ2v) is 8.51. The molecule has 0 radical (unpaired) electrons. The van der Waals surface area contributed by atoms with Crippen molar-refractivity contribution in [2.75, 3.05) is 25.2 Å². The number of carbonyl (C=O) groups excluding carboxylic acids is 3. The molecule has 1 fully saturated rings. The van der Waals surface area contributed by atoms with E-state index in [2.05, 4.69) is 5.32 Å². The highest BCUT2D eigenvalue weighted by molar-refractivity contribution is 6.02. The second kappa shape index (κ2) is 9.23. The molecule has 5 rings (SSSR count). The summed E-state index contributed by atoms with van der Waals surface area (Å²) in [6.07, 6.45) is -1.92. The van der Waals surface area contributed by atoms with Gasteiger partial charge in [-0.25, -0.2) is 9.59 Å². The Labute approximate surface area is 202 Å². The molecule has 0 saturated carbocycles. The predicted octanol–water partition coefficient (Wildman–Crippen LogP) is 3.09. The van der Waals surface area contributed by atoms with E-state index in [-0.39, 0.29) is 24.6 Å². The maximum absolute atomic E-state index is 13.0. The number of esters is 1. The number of anilines is 1. The third kappa shape index (κ3) is 4.13. The van der Waals surface area contributed by atoms with Gasteiger partial charge in [0.1, 0.15) is 18.8 Å². The average Bonchev–Trinajstić information content (AvgIpc) is 3.36. The highest BCUT2D eigenvalue weighted by Gasteiger charge is 2.42. The van der Waals surface area contributed by atoms with E-state index in [0.29, 0.717) is 5.69 Å². The summed E-state index contributed by atoms with van der Waals surface area (Å²) in [6, 6.07) is 21.2. The molecule has 0 spiro atoms. The van der Waals surface area contributed by atoms with Crippen LogP contribution in [0, 0.1) is 0 Å². The van der Waals surface area contributed by atoms with Crippen LogP contribution < -0.4 is 10.2 Å². The van der Waals surface area contributed by atoms with E-state index in [9.17, 15) is 19.5 Å². The van der Waals surface area contributed by atoms with Crippen LogP contribution >= 0.6 is 0 Å². The summed E-state index contributed by atoms with van der Waals surface area (Å²) in [7, 11) is 1.27. The van der Waals surface area contributed by atoms with Crippen molar-refractivity contribution in [1.82, 2.24) is 5.32 Å². The Morgan fingerprint density at radius 3 is 2.31 bits per heavy atom. The highest BCUT2D eigenvalue weighted by atomic mass is 16.5. The van der Waals surface area contributed by atoms with Crippen molar-refractivity contribution in [3.8, 4) is 11.1 Å². The number of hydrogen-bond acceptors (Lipinski definition) is 6. The van der Waals surface area contributed by atoms with Crippen LogP contribution in [0.4, 0.5) is 10.5 Å². The number of amides is 2. The van der Waals surface area contributed by atoms with Crippen LogP contribution in [0.3, 0.4) is 0 Å². The zero-order chi connectivity index (χ0) is 24.5. The van der Waals surface area contributed by atoms with Gasteiger partial charge in [0.15, 0.2) is 0 Å². The van der Waals surface area contributed by atoms with Crippen molar-refractivity contribution < 1.29 is 29.0 Å². The van der Waals surface area contributed by atoms with E-state index in [1.165, 1.54) is 18.1 Å². The van der Waals surface area contributed by atoms with Crippen molar-refractivity contribution in [1.29, 1.82) is 0 Å². The zero-order valence-corrected chi connectivity index (χ0v) is 19.0. The van der Waals surface area contributed by atoms with Crippen LogP contribution in [-0.4, -0.2) is 55.5 Å². The number of benzene rings is 3. The Morgan fingerprint density at radius 1 is 1.00 bits per heavy atom. The first-order valence-corrected chi connectivity index (χ1v) is 11.3.